The van der Waals surface area contributed by atoms with E-state index < -0.39 is 21.8 Å². The number of hydrogen-bond acceptors (Lipinski definition) is 5. The molecule has 0 unspecified atom stereocenters. The normalized spacial score (nSPS) is 16.8. The maximum atomic E-state index is 13.2. The second-order valence-electron chi connectivity index (χ2n) is 8.26. The number of anilines is 1. The van der Waals surface area contributed by atoms with E-state index in [4.69, 9.17) is 4.74 Å². The SMILES string of the molecule is COc1ccc(S(=O)(=O)N2CCCC[C@H]2CCNC(=O)C(=O)Nc2ccc(C)cc2C)cc1. The zero-order valence-corrected chi connectivity index (χ0v) is 20.1. The van der Waals surface area contributed by atoms with Gasteiger partial charge in [-0.05, 0) is 69.0 Å². The van der Waals surface area contributed by atoms with Crippen molar-refractivity contribution in [1.29, 1.82) is 0 Å². The molecule has 2 aromatic rings. The zero-order chi connectivity index (χ0) is 24.0. The minimum Gasteiger partial charge on any atom is -0.497 e. The molecule has 2 aromatic carbocycles. The Morgan fingerprint density at radius 2 is 1.79 bits per heavy atom. The molecule has 8 nitrogen and oxygen atoms in total. The molecular formula is C24H31N3O5S. The van der Waals surface area contributed by atoms with E-state index in [9.17, 15) is 18.0 Å². The smallest absolute Gasteiger partial charge is 0.313 e. The van der Waals surface area contributed by atoms with E-state index in [0.29, 0.717) is 30.8 Å². The fraction of sp³-hybridized carbons (Fsp3) is 0.417. The minimum atomic E-state index is -3.67. The second-order valence-corrected chi connectivity index (χ2v) is 10.1. The van der Waals surface area contributed by atoms with E-state index in [1.165, 1.54) is 11.4 Å². The van der Waals surface area contributed by atoms with Crippen LogP contribution in [0.15, 0.2) is 47.4 Å². The van der Waals surface area contributed by atoms with E-state index in [1.54, 1.807) is 30.3 Å². The van der Waals surface area contributed by atoms with Gasteiger partial charge in [0.05, 0.1) is 12.0 Å². The third-order valence-electron chi connectivity index (χ3n) is 5.84. The molecule has 0 bridgehead atoms. The summed E-state index contributed by atoms with van der Waals surface area (Å²) in [5, 5.41) is 5.24. The number of carbonyl (C=O) groups is 2. The van der Waals surface area contributed by atoms with Crippen molar-refractivity contribution in [2.75, 3.05) is 25.5 Å². The number of hydrogen-bond donors (Lipinski definition) is 2. The lowest BCUT2D eigenvalue weighted by molar-refractivity contribution is -0.136. The summed E-state index contributed by atoms with van der Waals surface area (Å²) in [6, 6.07) is 11.6. The van der Waals surface area contributed by atoms with Gasteiger partial charge >= 0.3 is 11.8 Å². The largest absolute Gasteiger partial charge is 0.497 e. The van der Waals surface area contributed by atoms with Crippen LogP contribution in [0, 0.1) is 13.8 Å². The number of methoxy groups -OCH3 is 1. The summed E-state index contributed by atoms with van der Waals surface area (Å²) in [6.45, 7) is 4.45. The van der Waals surface area contributed by atoms with Crippen molar-refractivity contribution in [3.05, 3.63) is 53.6 Å². The monoisotopic (exact) mass is 473 g/mol. The third-order valence-corrected chi connectivity index (χ3v) is 7.80. The fourth-order valence-electron chi connectivity index (χ4n) is 4.03. The molecule has 1 saturated heterocycles. The highest BCUT2D eigenvalue weighted by molar-refractivity contribution is 7.89. The van der Waals surface area contributed by atoms with Crippen molar-refractivity contribution in [2.45, 2.75) is 50.5 Å². The van der Waals surface area contributed by atoms with Crippen LogP contribution in [0.2, 0.25) is 0 Å². The molecule has 0 saturated carbocycles. The number of nitrogens with one attached hydrogen (secondary N) is 2. The first-order chi connectivity index (χ1) is 15.7. The molecule has 2 N–H and O–H groups in total. The van der Waals surface area contributed by atoms with Crippen LogP contribution in [0.25, 0.3) is 0 Å². The quantitative estimate of drug-likeness (QED) is 0.602. The molecule has 9 heteroatoms. The van der Waals surface area contributed by atoms with Crippen LogP contribution in [-0.2, 0) is 19.6 Å². The standard InChI is InChI=1S/C24H31N3O5S/c1-17-7-12-22(18(2)16-17)26-24(29)23(28)25-14-13-19-6-4-5-15-27(19)33(30,31)21-10-8-20(32-3)9-11-21/h7-12,16,19H,4-6,13-15H2,1-3H3,(H,25,28)(H,26,29)/t19-/m0/s1. The van der Waals surface area contributed by atoms with Gasteiger partial charge in [0, 0.05) is 24.8 Å². The summed E-state index contributed by atoms with van der Waals surface area (Å²) in [7, 11) is -2.14. The lowest BCUT2D eigenvalue weighted by atomic mass is 10.0. The summed E-state index contributed by atoms with van der Waals surface area (Å²) >= 11 is 0. The molecule has 1 heterocycles. The molecule has 1 atom stereocenters. The van der Waals surface area contributed by atoms with Gasteiger partial charge in [0.1, 0.15) is 5.75 Å². The van der Waals surface area contributed by atoms with Crippen molar-refractivity contribution < 1.29 is 22.7 Å². The number of sulfonamides is 1. The molecule has 1 aliphatic heterocycles. The fourth-order valence-corrected chi connectivity index (χ4v) is 5.75. The maximum absolute atomic E-state index is 13.2. The average molecular weight is 474 g/mol. The van der Waals surface area contributed by atoms with Gasteiger partial charge in [-0.3, -0.25) is 9.59 Å². The molecule has 0 aliphatic carbocycles. The van der Waals surface area contributed by atoms with Gasteiger partial charge in [-0.15, -0.1) is 0 Å². The van der Waals surface area contributed by atoms with E-state index in [-0.39, 0.29) is 17.5 Å². The van der Waals surface area contributed by atoms with Gasteiger partial charge in [0.15, 0.2) is 0 Å². The highest BCUT2D eigenvalue weighted by atomic mass is 32.2. The predicted octanol–water partition coefficient (Wildman–Crippen LogP) is 3.00. The minimum absolute atomic E-state index is 0.207. The molecule has 3 rings (SSSR count). The van der Waals surface area contributed by atoms with Crippen LogP contribution in [-0.4, -0.2) is 50.8 Å². The average Bonchev–Trinajstić information content (AvgIpc) is 2.81. The van der Waals surface area contributed by atoms with Gasteiger partial charge in [0.2, 0.25) is 10.0 Å². The molecule has 178 valence electrons. The van der Waals surface area contributed by atoms with Crippen LogP contribution in [0.3, 0.4) is 0 Å². The molecule has 2 amide bonds. The van der Waals surface area contributed by atoms with Crippen LogP contribution < -0.4 is 15.4 Å². The molecule has 0 radical (unpaired) electrons. The molecule has 0 spiro atoms. The van der Waals surface area contributed by atoms with Crippen molar-refractivity contribution in [3.8, 4) is 5.75 Å². The highest BCUT2D eigenvalue weighted by Gasteiger charge is 2.33. The first-order valence-corrected chi connectivity index (χ1v) is 12.5. The van der Waals surface area contributed by atoms with Gasteiger partial charge in [-0.25, -0.2) is 8.42 Å². The Morgan fingerprint density at radius 1 is 1.06 bits per heavy atom. The summed E-state index contributed by atoms with van der Waals surface area (Å²) < 4.78 is 33.0. The first kappa shape index (κ1) is 24.7. The zero-order valence-electron chi connectivity index (χ0n) is 19.3. The molecule has 0 aromatic heterocycles. The molecule has 1 fully saturated rings. The third kappa shape index (κ3) is 6.11. The second kappa shape index (κ2) is 10.8. The van der Waals surface area contributed by atoms with Crippen LogP contribution in [0.1, 0.15) is 36.8 Å². The first-order valence-electron chi connectivity index (χ1n) is 11.0. The summed E-state index contributed by atoms with van der Waals surface area (Å²) in [4.78, 5) is 24.7. The van der Waals surface area contributed by atoms with E-state index in [1.807, 2.05) is 26.0 Å². The Hall–Kier alpha value is -2.91. The van der Waals surface area contributed by atoms with Gasteiger partial charge in [-0.2, -0.15) is 4.31 Å². The van der Waals surface area contributed by atoms with Crippen LogP contribution >= 0.6 is 0 Å². The van der Waals surface area contributed by atoms with Crippen molar-refractivity contribution >= 4 is 27.5 Å². The number of amides is 2. The van der Waals surface area contributed by atoms with Gasteiger partial charge in [0.25, 0.3) is 0 Å². The Labute approximate surface area is 195 Å². The highest BCUT2D eigenvalue weighted by Crippen LogP contribution is 2.28. The van der Waals surface area contributed by atoms with Crippen LogP contribution in [0.4, 0.5) is 5.69 Å². The van der Waals surface area contributed by atoms with Crippen molar-refractivity contribution in [2.24, 2.45) is 0 Å². The van der Waals surface area contributed by atoms with E-state index >= 15 is 0 Å². The summed E-state index contributed by atoms with van der Waals surface area (Å²) in [5.41, 5.74) is 2.53. The summed E-state index contributed by atoms with van der Waals surface area (Å²) in [6.07, 6.45) is 2.84. The topological polar surface area (TPSA) is 105 Å². The number of ether oxygens (including phenoxy) is 1. The lowest BCUT2D eigenvalue weighted by Gasteiger charge is -2.34. The molecule has 1 aliphatic rings. The van der Waals surface area contributed by atoms with E-state index in [0.717, 1.165) is 24.0 Å². The summed E-state index contributed by atoms with van der Waals surface area (Å²) in [5.74, 6) is -0.894. The van der Waals surface area contributed by atoms with E-state index in [2.05, 4.69) is 10.6 Å². The van der Waals surface area contributed by atoms with Gasteiger partial charge < -0.3 is 15.4 Å². The Kier molecular flexibility index (Phi) is 8.10. The lowest BCUT2D eigenvalue weighted by Crippen LogP contribution is -2.45. The Balaban J connectivity index is 1.58. The number of piperidine rings is 1. The number of rotatable bonds is 7. The van der Waals surface area contributed by atoms with Crippen LogP contribution in [0.5, 0.6) is 5.75 Å². The van der Waals surface area contributed by atoms with Gasteiger partial charge in [-0.1, -0.05) is 24.1 Å². The number of nitrogens with zero attached hydrogens (tertiary/aromatic N) is 1. The number of aryl methyl sites for hydroxylation is 2. The molecule has 33 heavy (non-hydrogen) atoms. The number of benzene rings is 2. The predicted molar refractivity (Wildman–Crippen MR) is 127 cm³/mol. The Morgan fingerprint density at radius 3 is 2.45 bits per heavy atom. The van der Waals surface area contributed by atoms with Crippen molar-refractivity contribution in [1.82, 2.24) is 9.62 Å². The molecular weight excluding hydrogens is 442 g/mol. The number of carbonyl (C=O) groups excluding carboxylic acids is 2. The maximum Gasteiger partial charge on any atom is 0.313 e. The van der Waals surface area contributed by atoms with Crippen molar-refractivity contribution in [3.63, 3.8) is 0 Å². The Bertz CT molecular complexity index is 1100.